The zero-order valence-corrected chi connectivity index (χ0v) is 15.4. The maximum atomic E-state index is 12.3. The number of nitrogens with one attached hydrogen (secondary N) is 1. The first-order valence-electron chi connectivity index (χ1n) is 8.85. The average molecular weight is 389 g/mol. The molecule has 27 heavy (non-hydrogen) atoms. The Balaban J connectivity index is 1.63. The maximum absolute atomic E-state index is 12.3. The van der Waals surface area contributed by atoms with Gasteiger partial charge in [0, 0.05) is 29.6 Å². The van der Waals surface area contributed by atoms with E-state index >= 15 is 0 Å². The third-order valence-electron chi connectivity index (χ3n) is 4.68. The molecule has 0 bridgehead atoms. The molecule has 1 aliphatic carbocycles. The minimum absolute atomic E-state index is 0.0256. The van der Waals surface area contributed by atoms with Crippen molar-refractivity contribution in [3.8, 4) is 5.75 Å². The number of halogens is 1. The van der Waals surface area contributed by atoms with Crippen molar-refractivity contribution in [3.63, 3.8) is 0 Å². The first-order valence-corrected chi connectivity index (χ1v) is 9.23. The summed E-state index contributed by atoms with van der Waals surface area (Å²) in [5.41, 5.74) is 1.34. The fourth-order valence-corrected chi connectivity index (χ4v) is 3.45. The largest absolute Gasteiger partial charge is 0.508 e. The number of Topliss-reactive ketones (excluding diaryl/α,β-unsaturated/α-hetero) is 1. The van der Waals surface area contributed by atoms with Gasteiger partial charge in [-0.05, 0) is 55.2 Å². The molecule has 0 spiro atoms. The van der Waals surface area contributed by atoms with Gasteiger partial charge in [-0.25, -0.2) is 0 Å². The topological polar surface area (TPSA) is 99.5 Å². The van der Waals surface area contributed by atoms with E-state index < -0.39 is 6.10 Å². The number of carbonyl (C=O) groups is 2. The van der Waals surface area contributed by atoms with Crippen molar-refractivity contribution in [1.82, 2.24) is 10.3 Å². The molecule has 0 radical (unpaired) electrons. The summed E-state index contributed by atoms with van der Waals surface area (Å²) in [7, 11) is 0. The summed E-state index contributed by atoms with van der Waals surface area (Å²) in [4.78, 5) is 28.7. The number of aliphatic hydroxyl groups excluding tert-OH is 1. The first-order chi connectivity index (χ1) is 12.9. The number of phenolic OH excluding ortho intramolecular Hbond substituents is 1. The van der Waals surface area contributed by atoms with Crippen LogP contribution in [0.4, 0.5) is 0 Å². The molecule has 3 rings (SSSR count). The van der Waals surface area contributed by atoms with Crippen LogP contribution in [0.1, 0.15) is 40.9 Å². The number of phenols is 1. The smallest absolute Gasteiger partial charge is 0.270 e. The van der Waals surface area contributed by atoms with Crippen LogP contribution in [0, 0.1) is 0 Å². The summed E-state index contributed by atoms with van der Waals surface area (Å²) in [5, 5.41) is 22.9. The molecule has 2 aromatic rings. The van der Waals surface area contributed by atoms with E-state index in [2.05, 4.69) is 10.3 Å². The van der Waals surface area contributed by atoms with Gasteiger partial charge in [-0.2, -0.15) is 0 Å². The summed E-state index contributed by atoms with van der Waals surface area (Å²) in [5.74, 6) is -0.447. The normalized spacial score (nSPS) is 19.0. The van der Waals surface area contributed by atoms with Crippen LogP contribution in [0.5, 0.6) is 5.75 Å². The number of benzene rings is 1. The third-order valence-corrected chi connectivity index (χ3v) is 4.92. The molecule has 0 unspecified atom stereocenters. The Hall–Kier alpha value is -2.44. The molecule has 1 fully saturated rings. The molecule has 0 saturated heterocycles. The predicted molar refractivity (Wildman–Crippen MR) is 101 cm³/mol. The fourth-order valence-electron chi connectivity index (χ4n) is 3.26. The van der Waals surface area contributed by atoms with Gasteiger partial charge in [-0.15, -0.1) is 0 Å². The number of ketones is 1. The molecule has 142 valence electrons. The Kier molecular flexibility index (Phi) is 6.08. The lowest BCUT2D eigenvalue weighted by Gasteiger charge is -2.16. The Bertz CT molecular complexity index is 856. The number of rotatable bonds is 6. The van der Waals surface area contributed by atoms with Gasteiger partial charge < -0.3 is 15.5 Å². The standard InChI is InChI=1S/C20H21ClN2O4/c21-14-4-5-18(25)13(10-14)11-15(24)8-12-6-7-22-17(9-12)20(27)23-16-2-1-3-19(16)26/h4-7,9-10,16,19,25-26H,1-3,8,11H2,(H,23,27)/t16-,19-/m0/s1. The minimum Gasteiger partial charge on any atom is -0.508 e. The first kappa shape index (κ1) is 19.3. The second-order valence-corrected chi connectivity index (χ2v) is 7.23. The number of aliphatic hydroxyl groups is 1. The second-order valence-electron chi connectivity index (χ2n) is 6.79. The fraction of sp³-hybridized carbons (Fsp3) is 0.350. The highest BCUT2D eigenvalue weighted by atomic mass is 35.5. The maximum Gasteiger partial charge on any atom is 0.270 e. The van der Waals surface area contributed by atoms with Gasteiger partial charge in [-0.3, -0.25) is 14.6 Å². The molecule has 1 aliphatic rings. The summed E-state index contributed by atoms with van der Waals surface area (Å²) in [6.45, 7) is 0. The molecule has 1 amide bonds. The van der Waals surface area contributed by atoms with E-state index in [1.165, 1.54) is 12.3 Å². The highest BCUT2D eigenvalue weighted by Gasteiger charge is 2.27. The van der Waals surface area contributed by atoms with E-state index in [1.54, 1.807) is 24.3 Å². The van der Waals surface area contributed by atoms with Crippen LogP contribution in [-0.2, 0) is 17.6 Å². The van der Waals surface area contributed by atoms with Gasteiger partial charge in [-0.1, -0.05) is 11.6 Å². The molecule has 1 heterocycles. The van der Waals surface area contributed by atoms with E-state index in [-0.39, 0.29) is 42.0 Å². The van der Waals surface area contributed by atoms with Crippen LogP contribution < -0.4 is 5.32 Å². The lowest BCUT2D eigenvalue weighted by molar-refractivity contribution is -0.117. The number of hydrogen-bond donors (Lipinski definition) is 3. The number of amides is 1. The van der Waals surface area contributed by atoms with Gasteiger partial charge in [0.25, 0.3) is 5.91 Å². The number of aromatic hydroxyl groups is 1. The summed E-state index contributed by atoms with van der Waals surface area (Å²) < 4.78 is 0. The lowest BCUT2D eigenvalue weighted by Crippen LogP contribution is -2.40. The number of hydrogen-bond acceptors (Lipinski definition) is 5. The molecule has 7 heteroatoms. The molecule has 1 saturated carbocycles. The Labute approximate surface area is 162 Å². The van der Waals surface area contributed by atoms with E-state index in [4.69, 9.17) is 11.6 Å². The zero-order chi connectivity index (χ0) is 19.4. The van der Waals surface area contributed by atoms with Crippen molar-refractivity contribution < 1.29 is 19.8 Å². The highest BCUT2D eigenvalue weighted by Crippen LogP contribution is 2.23. The SMILES string of the molecule is O=C(Cc1ccnc(C(=O)N[C@H]2CCC[C@@H]2O)c1)Cc1cc(Cl)ccc1O. The Morgan fingerprint density at radius 2 is 2.00 bits per heavy atom. The predicted octanol–water partition coefficient (Wildman–Crippen LogP) is 2.44. The van der Waals surface area contributed by atoms with E-state index in [0.717, 1.165) is 12.8 Å². The monoisotopic (exact) mass is 388 g/mol. The summed E-state index contributed by atoms with van der Waals surface area (Å²) >= 11 is 5.90. The van der Waals surface area contributed by atoms with Crippen LogP contribution in [-0.4, -0.2) is 39.0 Å². The van der Waals surface area contributed by atoms with Crippen molar-refractivity contribution >= 4 is 23.3 Å². The van der Waals surface area contributed by atoms with Gasteiger partial charge in [0.1, 0.15) is 17.2 Å². The zero-order valence-electron chi connectivity index (χ0n) is 14.7. The summed E-state index contributed by atoms with van der Waals surface area (Å²) in [6, 6.07) is 7.57. The second kappa shape index (κ2) is 8.50. The van der Waals surface area contributed by atoms with Crippen LogP contribution >= 0.6 is 11.6 Å². The molecule has 3 N–H and O–H groups in total. The van der Waals surface area contributed by atoms with Crippen molar-refractivity contribution in [1.29, 1.82) is 0 Å². The van der Waals surface area contributed by atoms with Crippen molar-refractivity contribution in [2.45, 2.75) is 44.2 Å². The number of pyridine rings is 1. The van der Waals surface area contributed by atoms with E-state index in [0.29, 0.717) is 22.6 Å². The van der Waals surface area contributed by atoms with Crippen molar-refractivity contribution in [2.75, 3.05) is 0 Å². The number of aromatic nitrogens is 1. The molecule has 0 aliphatic heterocycles. The molecule has 2 atom stereocenters. The Morgan fingerprint density at radius 3 is 2.74 bits per heavy atom. The molecule has 6 nitrogen and oxygen atoms in total. The van der Waals surface area contributed by atoms with Crippen LogP contribution in [0.15, 0.2) is 36.5 Å². The summed E-state index contributed by atoms with van der Waals surface area (Å²) in [6.07, 6.45) is 3.43. The molecule has 1 aromatic carbocycles. The Morgan fingerprint density at radius 1 is 1.19 bits per heavy atom. The van der Waals surface area contributed by atoms with Gasteiger partial charge in [0.15, 0.2) is 0 Å². The lowest BCUT2D eigenvalue weighted by atomic mass is 10.0. The van der Waals surface area contributed by atoms with Crippen molar-refractivity contribution in [3.05, 3.63) is 58.4 Å². The third kappa shape index (κ3) is 5.05. The highest BCUT2D eigenvalue weighted by molar-refractivity contribution is 6.30. The minimum atomic E-state index is -0.524. The quantitative estimate of drug-likeness (QED) is 0.705. The average Bonchev–Trinajstić information content (AvgIpc) is 3.03. The van der Waals surface area contributed by atoms with Crippen LogP contribution in [0.2, 0.25) is 5.02 Å². The van der Waals surface area contributed by atoms with E-state index in [1.807, 2.05) is 0 Å². The van der Waals surface area contributed by atoms with Crippen molar-refractivity contribution in [2.24, 2.45) is 0 Å². The van der Waals surface area contributed by atoms with Crippen LogP contribution in [0.25, 0.3) is 0 Å². The molecule has 1 aromatic heterocycles. The number of nitrogens with zero attached hydrogens (tertiary/aromatic N) is 1. The number of carbonyl (C=O) groups excluding carboxylic acids is 2. The van der Waals surface area contributed by atoms with Gasteiger partial charge >= 0.3 is 0 Å². The molecular formula is C20H21ClN2O4. The van der Waals surface area contributed by atoms with Crippen LogP contribution in [0.3, 0.4) is 0 Å². The van der Waals surface area contributed by atoms with Gasteiger partial charge in [0.2, 0.25) is 0 Å². The van der Waals surface area contributed by atoms with E-state index in [9.17, 15) is 19.8 Å². The molecular weight excluding hydrogens is 368 g/mol. The van der Waals surface area contributed by atoms with Gasteiger partial charge in [0.05, 0.1) is 12.1 Å².